The Hall–Kier alpha value is -1.49. The zero-order valence-corrected chi connectivity index (χ0v) is 14.6. The van der Waals surface area contributed by atoms with E-state index >= 15 is 0 Å². The largest absolute Gasteiger partial charge is 0.385 e. The van der Waals surface area contributed by atoms with Crippen molar-refractivity contribution in [1.82, 2.24) is 0 Å². The number of rotatable bonds is 6. The number of hydrogen-bond acceptors (Lipinski definition) is 3. The van der Waals surface area contributed by atoms with Crippen LogP contribution in [0.1, 0.15) is 13.8 Å². The fourth-order valence-corrected chi connectivity index (χ4v) is 4.22. The van der Waals surface area contributed by atoms with Crippen molar-refractivity contribution < 1.29 is 10.0 Å². The Balaban J connectivity index is 1.86. The minimum absolute atomic E-state index is 0.339. The molecular formula is C19H25N2OS+. The third kappa shape index (κ3) is 3.55. The van der Waals surface area contributed by atoms with Crippen LogP contribution < -0.4 is 9.80 Å². The molecule has 2 N–H and O–H groups in total. The fourth-order valence-electron chi connectivity index (χ4n) is 3.13. The first-order valence-electron chi connectivity index (χ1n) is 8.38. The van der Waals surface area contributed by atoms with Gasteiger partial charge in [-0.15, -0.1) is 0 Å². The Labute approximate surface area is 142 Å². The van der Waals surface area contributed by atoms with Crippen LogP contribution in [0.4, 0.5) is 11.4 Å². The quantitative estimate of drug-likeness (QED) is 0.853. The lowest BCUT2D eigenvalue weighted by atomic mass is 10.2. The summed E-state index contributed by atoms with van der Waals surface area (Å²) < 4.78 is 0. The molecule has 0 aliphatic carbocycles. The number of likely N-dealkylation sites (N-methyl/N-ethyl adjacent to an activating group) is 1. The van der Waals surface area contributed by atoms with E-state index in [0.717, 1.165) is 19.6 Å². The van der Waals surface area contributed by atoms with Gasteiger partial charge in [0.25, 0.3) is 0 Å². The van der Waals surface area contributed by atoms with E-state index in [0.29, 0.717) is 6.54 Å². The summed E-state index contributed by atoms with van der Waals surface area (Å²) in [6.45, 7) is 7.88. The minimum Gasteiger partial charge on any atom is -0.385 e. The number of fused-ring (bicyclic) bond motifs is 2. The van der Waals surface area contributed by atoms with E-state index in [1.54, 1.807) is 0 Å². The number of nitrogens with one attached hydrogen (secondary N) is 1. The summed E-state index contributed by atoms with van der Waals surface area (Å²) in [5.41, 5.74) is 2.40. The first kappa shape index (κ1) is 16.4. The summed E-state index contributed by atoms with van der Waals surface area (Å²) in [7, 11) is 0. The Kier molecular flexibility index (Phi) is 5.26. The maximum absolute atomic E-state index is 10.6. The van der Waals surface area contributed by atoms with Gasteiger partial charge in [-0.1, -0.05) is 36.0 Å². The SMILES string of the molecule is CC[NH+](CC)C[C@H](O)CN1c2ccccc2Sc2ccccc21. The summed E-state index contributed by atoms with van der Waals surface area (Å²) in [5, 5.41) is 10.6. The van der Waals surface area contributed by atoms with Gasteiger partial charge in [-0.2, -0.15) is 0 Å². The number of quaternary nitrogens is 1. The molecule has 0 aromatic heterocycles. The molecule has 0 fully saturated rings. The van der Waals surface area contributed by atoms with Gasteiger partial charge in [-0.05, 0) is 38.1 Å². The third-order valence-corrected chi connectivity index (χ3v) is 5.58. The molecule has 0 amide bonds. The molecule has 23 heavy (non-hydrogen) atoms. The van der Waals surface area contributed by atoms with Gasteiger partial charge in [-0.25, -0.2) is 0 Å². The summed E-state index contributed by atoms with van der Waals surface area (Å²) in [5.74, 6) is 0. The number of hydrogen-bond donors (Lipinski definition) is 2. The number of nitrogens with zero attached hydrogens (tertiary/aromatic N) is 1. The summed E-state index contributed by atoms with van der Waals surface area (Å²) in [6, 6.07) is 16.9. The molecule has 3 nitrogen and oxygen atoms in total. The minimum atomic E-state index is -0.339. The number of para-hydroxylation sites is 2. The van der Waals surface area contributed by atoms with Crippen LogP contribution in [0.3, 0.4) is 0 Å². The molecule has 0 bridgehead atoms. The molecule has 1 atom stereocenters. The Morgan fingerprint density at radius 3 is 2.00 bits per heavy atom. The molecule has 0 unspecified atom stereocenters. The van der Waals surface area contributed by atoms with Crippen molar-refractivity contribution in [2.45, 2.75) is 29.7 Å². The first-order chi connectivity index (χ1) is 11.2. The molecule has 2 aromatic carbocycles. The first-order valence-corrected chi connectivity index (χ1v) is 9.19. The predicted octanol–water partition coefficient (Wildman–Crippen LogP) is 2.57. The van der Waals surface area contributed by atoms with E-state index in [1.807, 2.05) is 11.8 Å². The topological polar surface area (TPSA) is 27.9 Å². The van der Waals surface area contributed by atoms with E-state index < -0.39 is 0 Å². The van der Waals surface area contributed by atoms with E-state index in [2.05, 4.69) is 67.3 Å². The zero-order valence-electron chi connectivity index (χ0n) is 13.8. The highest BCUT2D eigenvalue weighted by molar-refractivity contribution is 7.99. The number of benzene rings is 2. The average Bonchev–Trinajstić information content (AvgIpc) is 2.59. The number of aliphatic hydroxyl groups is 1. The molecule has 1 aliphatic heterocycles. The molecule has 0 saturated carbocycles. The van der Waals surface area contributed by atoms with Crippen molar-refractivity contribution in [2.24, 2.45) is 0 Å². The van der Waals surface area contributed by atoms with Gasteiger partial charge in [0.05, 0.1) is 31.0 Å². The maximum atomic E-state index is 10.6. The fraction of sp³-hybridized carbons (Fsp3) is 0.368. The number of β-amino-alcohol motifs (C(OH)–C–C–N with tert-alkyl or cyclic N) is 1. The van der Waals surface area contributed by atoms with Gasteiger partial charge in [-0.3, -0.25) is 0 Å². The Bertz CT molecular complexity index is 612. The van der Waals surface area contributed by atoms with E-state index in [4.69, 9.17) is 0 Å². The van der Waals surface area contributed by atoms with Crippen molar-refractivity contribution in [3.05, 3.63) is 48.5 Å². The van der Waals surface area contributed by atoms with Crippen LogP contribution in [0.15, 0.2) is 58.3 Å². The highest BCUT2D eigenvalue weighted by Crippen LogP contribution is 2.47. The van der Waals surface area contributed by atoms with Crippen LogP contribution in [-0.4, -0.2) is 37.4 Å². The Morgan fingerprint density at radius 1 is 0.957 bits per heavy atom. The van der Waals surface area contributed by atoms with Crippen molar-refractivity contribution in [2.75, 3.05) is 31.1 Å². The van der Waals surface area contributed by atoms with Gasteiger partial charge in [0.1, 0.15) is 12.6 Å². The standard InChI is InChI=1S/C19H24N2OS/c1-3-20(4-2)13-15(22)14-21-16-9-5-7-11-18(16)23-19-12-8-6-10-17(19)21/h5-12,15,22H,3-4,13-14H2,1-2H3/p+1/t15-/m0/s1. The monoisotopic (exact) mass is 329 g/mol. The third-order valence-electron chi connectivity index (χ3n) is 4.45. The molecule has 0 saturated heterocycles. The average molecular weight is 329 g/mol. The molecule has 4 heteroatoms. The van der Waals surface area contributed by atoms with Crippen LogP contribution in [0.25, 0.3) is 0 Å². The highest BCUT2D eigenvalue weighted by Gasteiger charge is 2.25. The van der Waals surface area contributed by atoms with Crippen molar-refractivity contribution in [3.63, 3.8) is 0 Å². The van der Waals surface area contributed by atoms with Gasteiger partial charge in [0.2, 0.25) is 0 Å². The van der Waals surface area contributed by atoms with E-state index in [9.17, 15) is 5.11 Å². The van der Waals surface area contributed by atoms with Crippen LogP contribution in [0, 0.1) is 0 Å². The van der Waals surface area contributed by atoms with E-state index in [-0.39, 0.29) is 6.10 Å². The smallest absolute Gasteiger partial charge is 0.121 e. The second-order valence-electron chi connectivity index (χ2n) is 5.96. The molecule has 2 aromatic rings. The molecule has 1 heterocycles. The normalized spacial score (nSPS) is 14.5. The summed E-state index contributed by atoms with van der Waals surface area (Å²) in [4.78, 5) is 6.22. The van der Waals surface area contributed by atoms with E-state index in [1.165, 1.54) is 26.1 Å². The lowest BCUT2D eigenvalue weighted by molar-refractivity contribution is -0.899. The second kappa shape index (κ2) is 7.39. The highest BCUT2D eigenvalue weighted by atomic mass is 32.2. The number of anilines is 2. The lowest BCUT2D eigenvalue weighted by Gasteiger charge is -2.34. The van der Waals surface area contributed by atoms with Crippen molar-refractivity contribution in [3.8, 4) is 0 Å². The summed E-state index contributed by atoms with van der Waals surface area (Å²) in [6.07, 6.45) is -0.339. The van der Waals surface area contributed by atoms with Crippen LogP contribution in [0.2, 0.25) is 0 Å². The molecule has 3 rings (SSSR count). The summed E-state index contributed by atoms with van der Waals surface area (Å²) >= 11 is 1.81. The maximum Gasteiger partial charge on any atom is 0.121 e. The predicted molar refractivity (Wildman–Crippen MR) is 96.9 cm³/mol. The van der Waals surface area contributed by atoms with Crippen molar-refractivity contribution >= 4 is 23.1 Å². The van der Waals surface area contributed by atoms with Gasteiger partial charge in [0, 0.05) is 9.79 Å². The van der Waals surface area contributed by atoms with Gasteiger partial charge in [0.15, 0.2) is 0 Å². The van der Waals surface area contributed by atoms with Crippen LogP contribution in [-0.2, 0) is 0 Å². The lowest BCUT2D eigenvalue weighted by Crippen LogP contribution is -3.12. The zero-order chi connectivity index (χ0) is 16.2. The second-order valence-corrected chi connectivity index (χ2v) is 7.05. The van der Waals surface area contributed by atoms with Gasteiger partial charge >= 0.3 is 0 Å². The molecular weight excluding hydrogens is 304 g/mol. The number of aliphatic hydroxyl groups excluding tert-OH is 1. The van der Waals surface area contributed by atoms with Crippen LogP contribution >= 0.6 is 11.8 Å². The van der Waals surface area contributed by atoms with Crippen molar-refractivity contribution in [1.29, 1.82) is 0 Å². The molecule has 0 spiro atoms. The van der Waals surface area contributed by atoms with Crippen LogP contribution in [0.5, 0.6) is 0 Å². The molecule has 122 valence electrons. The Morgan fingerprint density at radius 2 is 1.48 bits per heavy atom. The molecule has 0 radical (unpaired) electrons. The molecule has 1 aliphatic rings. The van der Waals surface area contributed by atoms with Gasteiger partial charge < -0.3 is 14.9 Å².